The van der Waals surface area contributed by atoms with Gasteiger partial charge in [0.25, 0.3) is 0 Å². The first-order chi connectivity index (χ1) is 12.4. The molecule has 1 atom stereocenters. The number of carbonyl (C=O) groups is 2. The third-order valence-corrected chi connectivity index (χ3v) is 4.88. The quantitative estimate of drug-likeness (QED) is 0.734. The van der Waals surface area contributed by atoms with E-state index in [9.17, 15) is 9.59 Å². The monoisotopic (exact) mass is 360 g/mol. The fourth-order valence-corrected chi connectivity index (χ4v) is 3.33. The van der Waals surface area contributed by atoms with Gasteiger partial charge < -0.3 is 20.0 Å². The number of benzene rings is 1. The van der Waals surface area contributed by atoms with Gasteiger partial charge in [0.05, 0.1) is 5.92 Å². The summed E-state index contributed by atoms with van der Waals surface area (Å²) in [6, 6.07) is 7.90. The van der Waals surface area contributed by atoms with Gasteiger partial charge in [-0.2, -0.15) is 0 Å². The number of nitrogens with one attached hydrogen (secondary N) is 1. The molecule has 0 radical (unpaired) electrons. The number of carbonyl (C=O) groups excluding carboxylic acids is 2. The molecule has 6 heteroatoms. The number of anilines is 2. The molecule has 0 aromatic heterocycles. The summed E-state index contributed by atoms with van der Waals surface area (Å²) < 4.78 is 0. The summed E-state index contributed by atoms with van der Waals surface area (Å²) in [6.07, 6.45) is 1.24. The highest BCUT2D eigenvalue weighted by atomic mass is 16.2. The van der Waals surface area contributed by atoms with Gasteiger partial charge in [-0.05, 0) is 65.2 Å². The van der Waals surface area contributed by atoms with Gasteiger partial charge in [0.15, 0.2) is 0 Å². The highest BCUT2D eigenvalue weighted by Crippen LogP contribution is 2.22. The molecule has 1 fully saturated rings. The van der Waals surface area contributed by atoms with E-state index in [4.69, 9.17) is 0 Å². The van der Waals surface area contributed by atoms with Crippen LogP contribution in [-0.4, -0.2) is 68.4 Å². The highest BCUT2D eigenvalue weighted by Gasteiger charge is 2.33. The molecule has 2 amide bonds. The van der Waals surface area contributed by atoms with Crippen molar-refractivity contribution in [1.29, 1.82) is 0 Å². The zero-order chi connectivity index (χ0) is 19.1. The molecule has 1 heterocycles. The van der Waals surface area contributed by atoms with Crippen LogP contribution in [0.4, 0.5) is 11.4 Å². The van der Waals surface area contributed by atoms with Gasteiger partial charge in [-0.1, -0.05) is 0 Å². The lowest BCUT2D eigenvalue weighted by atomic mass is 10.1. The van der Waals surface area contributed by atoms with E-state index < -0.39 is 0 Å². The first kappa shape index (κ1) is 20.2. The Morgan fingerprint density at radius 2 is 1.85 bits per heavy atom. The van der Waals surface area contributed by atoms with Crippen molar-refractivity contribution in [2.45, 2.75) is 26.7 Å². The molecule has 2 rings (SSSR count). The smallest absolute Gasteiger partial charge is 0.229 e. The zero-order valence-electron chi connectivity index (χ0n) is 16.5. The molecular formula is C20H32N4O2. The number of rotatable bonds is 9. The van der Waals surface area contributed by atoms with E-state index in [0.29, 0.717) is 13.0 Å². The predicted molar refractivity (Wildman–Crippen MR) is 106 cm³/mol. The Labute approximate surface area is 157 Å². The molecule has 0 saturated carbocycles. The normalized spacial score (nSPS) is 17.0. The molecule has 0 bridgehead atoms. The van der Waals surface area contributed by atoms with Crippen LogP contribution in [0.3, 0.4) is 0 Å². The van der Waals surface area contributed by atoms with Crippen LogP contribution in [0, 0.1) is 5.92 Å². The van der Waals surface area contributed by atoms with Crippen LogP contribution >= 0.6 is 0 Å². The number of hydrogen-bond acceptors (Lipinski definition) is 4. The molecule has 0 aliphatic carbocycles. The summed E-state index contributed by atoms with van der Waals surface area (Å²) in [5.41, 5.74) is 1.93. The fraction of sp³-hybridized carbons (Fsp3) is 0.600. The van der Waals surface area contributed by atoms with E-state index in [1.165, 1.54) is 0 Å². The molecule has 1 N–H and O–H groups in total. The molecule has 1 unspecified atom stereocenters. The lowest BCUT2D eigenvalue weighted by molar-refractivity contribution is -0.128. The summed E-state index contributed by atoms with van der Waals surface area (Å²) in [6.45, 7) is 8.35. The first-order valence-corrected chi connectivity index (χ1v) is 9.53. The van der Waals surface area contributed by atoms with E-state index in [1.807, 2.05) is 43.3 Å². The number of likely N-dealkylation sites (tertiary alicyclic amines) is 1. The molecular weight excluding hydrogens is 328 g/mol. The van der Waals surface area contributed by atoms with Crippen LogP contribution in [-0.2, 0) is 9.59 Å². The third-order valence-electron chi connectivity index (χ3n) is 4.88. The molecule has 1 saturated heterocycles. The zero-order valence-corrected chi connectivity index (χ0v) is 16.5. The number of nitrogens with zero attached hydrogens (tertiary/aromatic N) is 3. The van der Waals surface area contributed by atoms with Crippen LogP contribution in [0.2, 0.25) is 0 Å². The molecule has 1 aliphatic heterocycles. The van der Waals surface area contributed by atoms with Crippen LogP contribution in [0.1, 0.15) is 26.7 Å². The first-order valence-electron chi connectivity index (χ1n) is 9.53. The van der Waals surface area contributed by atoms with Crippen LogP contribution < -0.4 is 10.2 Å². The minimum absolute atomic E-state index is 0.0657. The SMILES string of the molecule is CCN(CC)c1ccc(NC(=O)C2CC(=O)N(CCCN(C)C)C2)cc1. The maximum Gasteiger partial charge on any atom is 0.229 e. The average Bonchev–Trinajstić information content (AvgIpc) is 2.98. The van der Waals surface area contributed by atoms with Crippen molar-refractivity contribution in [3.8, 4) is 0 Å². The van der Waals surface area contributed by atoms with E-state index >= 15 is 0 Å². The van der Waals surface area contributed by atoms with Gasteiger partial charge in [0.2, 0.25) is 11.8 Å². The van der Waals surface area contributed by atoms with Crippen LogP contribution in [0.25, 0.3) is 0 Å². The minimum Gasteiger partial charge on any atom is -0.372 e. The Bertz CT molecular complexity index is 596. The van der Waals surface area contributed by atoms with Gasteiger partial charge in [-0.3, -0.25) is 9.59 Å². The Morgan fingerprint density at radius 3 is 2.42 bits per heavy atom. The second-order valence-electron chi connectivity index (χ2n) is 7.11. The summed E-state index contributed by atoms with van der Waals surface area (Å²) in [4.78, 5) is 30.8. The Hall–Kier alpha value is -2.08. The standard InChI is InChI=1S/C20H32N4O2/c1-5-23(6-2)18-10-8-17(9-11-18)21-20(26)16-14-19(25)24(15-16)13-7-12-22(3)4/h8-11,16H,5-7,12-15H2,1-4H3,(H,21,26). The largest absolute Gasteiger partial charge is 0.372 e. The average molecular weight is 361 g/mol. The van der Waals surface area contributed by atoms with Crippen molar-refractivity contribution in [2.24, 2.45) is 5.92 Å². The second-order valence-corrected chi connectivity index (χ2v) is 7.11. The molecule has 144 valence electrons. The molecule has 26 heavy (non-hydrogen) atoms. The summed E-state index contributed by atoms with van der Waals surface area (Å²) in [5.74, 6) is -0.242. The van der Waals surface area contributed by atoms with Crippen molar-refractivity contribution in [1.82, 2.24) is 9.80 Å². The number of amides is 2. The molecule has 6 nitrogen and oxygen atoms in total. The number of hydrogen-bond donors (Lipinski definition) is 1. The van der Waals surface area contributed by atoms with Crippen LogP contribution in [0.15, 0.2) is 24.3 Å². The van der Waals surface area contributed by atoms with Crippen LogP contribution in [0.5, 0.6) is 0 Å². The second kappa shape index (κ2) is 9.57. The fourth-order valence-electron chi connectivity index (χ4n) is 3.33. The van der Waals surface area contributed by atoms with E-state index in [1.54, 1.807) is 0 Å². The minimum atomic E-state index is -0.260. The van der Waals surface area contributed by atoms with Gasteiger partial charge in [0, 0.05) is 44.0 Å². The maximum atomic E-state index is 12.5. The highest BCUT2D eigenvalue weighted by molar-refractivity contribution is 5.97. The molecule has 1 aromatic rings. The summed E-state index contributed by atoms with van der Waals surface area (Å²) in [5, 5.41) is 2.96. The summed E-state index contributed by atoms with van der Waals surface area (Å²) >= 11 is 0. The molecule has 1 aliphatic rings. The van der Waals surface area contributed by atoms with Gasteiger partial charge in [0.1, 0.15) is 0 Å². The molecule has 0 spiro atoms. The van der Waals surface area contributed by atoms with E-state index in [2.05, 4.69) is 29.0 Å². The molecule has 1 aromatic carbocycles. The third kappa shape index (κ3) is 5.46. The van der Waals surface area contributed by atoms with E-state index in [-0.39, 0.29) is 17.7 Å². The van der Waals surface area contributed by atoms with Crippen molar-refractivity contribution in [3.05, 3.63) is 24.3 Å². The Balaban J connectivity index is 1.87. The Morgan fingerprint density at radius 1 is 1.19 bits per heavy atom. The van der Waals surface area contributed by atoms with E-state index in [0.717, 1.165) is 44.0 Å². The summed E-state index contributed by atoms with van der Waals surface area (Å²) in [7, 11) is 4.04. The van der Waals surface area contributed by atoms with Gasteiger partial charge >= 0.3 is 0 Å². The van der Waals surface area contributed by atoms with Crippen molar-refractivity contribution >= 4 is 23.2 Å². The lowest BCUT2D eigenvalue weighted by Crippen LogP contribution is -2.30. The predicted octanol–water partition coefficient (Wildman–Crippen LogP) is 2.27. The van der Waals surface area contributed by atoms with Gasteiger partial charge in [-0.25, -0.2) is 0 Å². The van der Waals surface area contributed by atoms with Crippen molar-refractivity contribution in [2.75, 3.05) is 57.0 Å². The van der Waals surface area contributed by atoms with Crippen molar-refractivity contribution in [3.63, 3.8) is 0 Å². The Kier molecular flexibility index (Phi) is 7.45. The lowest BCUT2D eigenvalue weighted by Gasteiger charge is -2.21. The topological polar surface area (TPSA) is 55.9 Å². The van der Waals surface area contributed by atoms with Gasteiger partial charge in [-0.15, -0.1) is 0 Å². The van der Waals surface area contributed by atoms with Crippen molar-refractivity contribution < 1.29 is 9.59 Å². The maximum absolute atomic E-state index is 12.5.